The summed E-state index contributed by atoms with van der Waals surface area (Å²) in [5.74, 6) is 0.129. The highest BCUT2D eigenvalue weighted by Gasteiger charge is 2.28. The first-order valence-corrected chi connectivity index (χ1v) is 6.59. The maximum absolute atomic E-state index is 12.2. The second kappa shape index (κ2) is 5.03. The number of carbonyl (C=O) groups is 1. The molecule has 1 fully saturated rings. The van der Waals surface area contributed by atoms with Crippen LogP contribution in [0.1, 0.15) is 23.0 Å². The summed E-state index contributed by atoms with van der Waals surface area (Å²) < 4.78 is 0. The van der Waals surface area contributed by atoms with Gasteiger partial charge in [0.15, 0.2) is 0 Å². The highest BCUT2D eigenvalue weighted by Crippen LogP contribution is 2.26. The fraction of sp³-hybridized carbons (Fsp3) is 0.545. The van der Waals surface area contributed by atoms with Crippen molar-refractivity contribution in [3.8, 4) is 0 Å². The molecule has 1 aliphatic heterocycles. The van der Waals surface area contributed by atoms with Crippen molar-refractivity contribution in [2.24, 2.45) is 11.7 Å². The van der Waals surface area contributed by atoms with E-state index in [1.807, 2.05) is 6.92 Å². The van der Waals surface area contributed by atoms with Gasteiger partial charge < -0.3 is 10.6 Å². The lowest BCUT2D eigenvalue weighted by Crippen LogP contribution is -2.48. The molecule has 0 spiro atoms. The third-order valence-electron chi connectivity index (χ3n) is 3.24. The minimum atomic E-state index is -0.476. The minimum Gasteiger partial charge on any atom is -0.338 e. The number of hydrogen-bond acceptors (Lipinski definition) is 5. The van der Waals surface area contributed by atoms with Crippen LogP contribution in [0.15, 0.2) is 12.1 Å². The molecule has 2 unspecified atom stereocenters. The van der Waals surface area contributed by atoms with Crippen molar-refractivity contribution in [3.05, 3.63) is 27.1 Å². The monoisotopic (exact) mass is 269 g/mol. The Hall–Kier alpha value is -1.47. The average Bonchev–Trinajstić information content (AvgIpc) is 2.81. The molecule has 18 heavy (non-hydrogen) atoms. The fourth-order valence-electron chi connectivity index (χ4n) is 2.04. The number of piperidine rings is 1. The molecule has 98 valence electrons. The number of thiophene rings is 1. The molecule has 1 saturated heterocycles. The summed E-state index contributed by atoms with van der Waals surface area (Å²) in [5, 5.41) is 10.6. The molecule has 7 heteroatoms. The van der Waals surface area contributed by atoms with Gasteiger partial charge in [-0.15, -0.1) is 0 Å². The summed E-state index contributed by atoms with van der Waals surface area (Å²) in [7, 11) is 0. The van der Waals surface area contributed by atoms with Gasteiger partial charge in [0, 0.05) is 25.2 Å². The Labute approximate surface area is 109 Å². The van der Waals surface area contributed by atoms with Crippen molar-refractivity contribution in [3.63, 3.8) is 0 Å². The van der Waals surface area contributed by atoms with Gasteiger partial charge in [0.05, 0.1) is 9.80 Å². The average molecular weight is 269 g/mol. The van der Waals surface area contributed by atoms with Gasteiger partial charge in [0.1, 0.15) is 0 Å². The molecular formula is C11H15N3O3S. The van der Waals surface area contributed by atoms with E-state index in [4.69, 9.17) is 5.73 Å². The Morgan fingerprint density at radius 3 is 2.89 bits per heavy atom. The van der Waals surface area contributed by atoms with Crippen LogP contribution >= 0.6 is 11.3 Å². The molecule has 0 aromatic carbocycles. The van der Waals surface area contributed by atoms with Crippen molar-refractivity contribution in [2.45, 2.75) is 19.4 Å². The van der Waals surface area contributed by atoms with Gasteiger partial charge in [-0.3, -0.25) is 14.9 Å². The molecular weight excluding hydrogens is 254 g/mol. The van der Waals surface area contributed by atoms with Gasteiger partial charge in [-0.25, -0.2) is 0 Å². The summed E-state index contributed by atoms with van der Waals surface area (Å²) in [6.45, 7) is 3.25. The molecule has 2 heterocycles. The lowest BCUT2D eigenvalue weighted by atomic mass is 9.95. The van der Waals surface area contributed by atoms with Crippen molar-refractivity contribution in [2.75, 3.05) is 13.1 Å². The Morgan fingerprint density at radius 1 is 1.61 bits per heavy atom. The molecule has 0 bridgehead atoms. The third kappa shape index (κ3) is 2.51. The fourth-order valence-corrected chi connectivity index (χ4v) is 2.83. The van der Waals surface area contributed by atoms with Gasteiger partial charge in [-0.2, -0.15) is 0 Å². The van der Waals surface area contributed by atoms with E-state index in [2.05, 4.69) is 0 Å². The van der Waals surface area contributed by atoms with E-state index in [1.165, 1.54) is 12.1 Å². The number of nitrogens with two attached hydrogens (primary N) is 1. The molecule has 0 aliphatic carbocycles. The standard InChI is InChI=1S/C11H15N3O3S/c1-7-6-13(5-4-8(7)12)11(15)9-2-3-10(18-9)14(16)17/h2-3,7-8H,4-6,12H2,1H3. The maximum atomic E-state index is 12.2. The van der Waals surface area contributed by atoms with Crippen LogP contribution in [0.4, 0.5) is 5.00 Å². The number of hydrogen-bond donors (Lipinski definition) is 1. The largest absolute Gasteiger partial charge is 0.338 e. The Kier molecular flexibility index (Phi) is 3.63. The number of carbonyl (C=O) groups excluding carboxylic acids is 1. The van der Waals surface area contributed by atoms with Gasteiger partial charge in [0.25, 0.3) is 5.91 Å². The highest BCUT2D eigenvalue weighted by molar-refractivity contribution is 7.17. The highest BCUT2D eigenvalue weighted by atomic mass is 32.1. The second-order valence-corrected chi connectivity index (χ2v) is 5.64. The van der Waals surface area contributed by atoms with E-state index in [-0.39, 0.29) is 22.9 Å². The van der Waals surface area contributed by atoms with Crippen LogP contribution in [0.25, 0.3) is 0 Å². The van der Waals surface area contributed by atoms with E-state index in [0.29, 0.717) is 18.0 Å². The predicted molar refractivity (Wildman–Crippen MR) is 68.6 cm³/mol. The quantitative estimate of drug-likeness (QED) is 0.650. The number of nitrogens with zero attached hydrogens (tertiary/aromatic N) is 2. The van der Waals surface area contributed by atoms with Crippen LogP contribution in [-0.4, -0.2) is 34.9 Å². The van der Waals surface area contributed by atoms with E-state index in [1.54, 1.807) is 4.90 Å². The van der Waals surface area contributed by atoms with Crippen LogP contribution in [0, 0.1) is 16.0 Å². The molecule has 1 aromatic heterocycles. The Balaban J connectivity index is 2.09. The maximum Gasteiger partial charge on any atom is 0.324 e. The van der Waals surface area contributed by atoms with Gasteiger partial charge >= 0.3 is 5.00 Å². The second-order valence-electron chi connectivity index (χ2n) is 4.58. The molecule has 0 radical (unpaired) electrons. The number of amides is 1. The smallest absolute Gasteiger partial charge is 0.324 e. The zero-order chi connectivity index (χ0) is 13.3. The predicted octanol–water partition coefficient (Wildman–Crippen LogP) is 1.47. The molecule has 1 amide bonds. The van der Waals surface area contributed by atoms with Crippen molar-refractivity contribution in [1.82, 2.24) is 4.90 Å². The van der Waals surface area contributed by atoms with Crippen LogP contribution < -0.4 is 5.73 Å². The lowest BCUT2D eigenvalue weighted by Gasteiger charge is -2.34. The summed E-state index contributed by atoms with van der Waals surface area (Å²) in [5.41, 5.74) is 5.90. The normalized spacial score (nSPS) is 24.0. The van der Waals surface area contributed by atoms with Crippen molar-refractivity contribution >= 4 is 22.2 Å². The summed E-state index contributed by atoms with van der Waals surface area (Å²) in [6.07, 6.45) is 0.778. The molecule has 1 aromatic rings. The van der Waals surface area contributed by atoms with Gasteiger partial charge in [-0.05, 0) is 18.4 Å². The van der Waals surface area contributed by atoms with Crippen LogP contribution in [0.3, 0.4) is 0 Å². The van der Waals surface area contributed by atoms with Crippen LogP contribution in [0.2, 0.25) is 0 Å². The van der Waals surface area contributed by atoms with Crippen molar-refractivity contribution in [1.29, 1.82) is 0 Å². The number of rotatable bonds is 2. The third-order valence-corrected chi connectivity index (χ3v) is 4.27. The first-order valence-electron chi connectivity index (χ1n) is 5.78. The SMILES string of the molecule is CC1CN(C(=O)c2ccc([N+](=O)[O-])s2)CCC1N. The molecule has 6 nitrogen and oxygen atoms in total. The van der Waals surface area contributed by atoms with Gasteiger partial charge in [-0.1, -0.05) is 18.3 Å². The summed E-state index contributed by atoms with van der Waals surface area (Å²) in [6, 6.07) is 3.02. The lowest BCUT2D eigenvalue weighted by molar-refractivity contribution is -0.380. The summed E-state index contributed by atoms with van der Waals surface area (Å²) >= 11 is 0.923. The first-order chi connectivity index (χ1) is 8.49. The van der Waals surface area contributed by atoms with Gasteiger partial charge in [0.2, 0.25) is 0 Å². The van der Waals surface area contributed by atoms with E-state index >= 15 is 0 Å². The Bertz CT molecular complexity index is 474. The topological polar surface area (TPSA) is 89.5 Å². The molecule has 2 rings (SSSR count). The zero-order valence-corrected chi connectivity index (χ0v) is 10.9. The van der Waals surface area contributed by atoms with E-state index in [0.717, 1.165) is 17.8 Å². The van der Waals surface area contributed by atoms with Crippen LogP contribution in [-0.2, 0) is 0 Å². The van der Waals surface area contributed by atoms with Crippen LogP contribution in [0.5, 0.6) is 0 Å². The number of likely N-dealkylation sites (tertiary alicyclic amines) is 1. The van der Waals surface area contributed by atoms with E-state index in [9.17, 15) is 14.9 Å². The number of nitro groups is 1. The molecule has 2 atom stereocenters. The minimum absolute atomic E-state index is 0.000101. The first kappa shape index (κ1) is 13.0. The zero-order valence-electron chi connectivity index (χ0n) is 10.0. The summed E-state index contributed by atoms with van der Waals surface area (Å²) in [4.78, 5) is 24.4. The van der Waals surface area contributed by atoms with Crippen molar-refractivity contribution < 1.29 is 9.72 Å². The van der Waals surface area contributed by atoms with E-state index < -0.39 is 4.92 Å². The molecule has 0 saturated carbocycles. The molecule has 2 N–H and O–H groups in total. The molecule has 1 aliphatic rings. The Morgan fingerprint density at radius 2 is 2.33 bits per heavy atom.